The summed E-state index contributed by atoms with van der Waals surface area (Å²) < 4.78 is 40.8. The first-order chi connectivity index (χ1) is 12.0. The third kappa shape index (κ3) is 4.22. The van der Waals surface area contributed by atoms with Gasteiger partial charge in [-0.3, -0.25) is 4.90 Å². The molecule has 1 N–H and O–H groups in total. The Morgan fingerprint density at radius 1 is 0.960 bits per heavy atom. The first-order valence-corrected chi connectivity index (χ1v) is 8.64. The maximum Gasteiger partial charge on any atom is 0.416 e. The topological polar surface area (TPSA) is 15.3 Å². The van der Waals surface area contributed by atoms with Crippen LogP contribution < -0.4 is 5.32 Å². The van der Waals surface area contributed by atoms with Crippen molar-refractivity contribution in [1.82, 2.24) is 10.2 Å². The molecule has 5 heteroatoms. The lowest BCUT2D eigenvalue weighted by Gasteiger charge is -2.33. The Balaban J connectivity index is 2.09. The fourth-order valence-electron chi connectivity index (χ4n) is 3.45. The molecule has 0 spiro atoms. The minimum Gasteiger partial charge on any atom is -0.315 e. The molecule has 0 radical (unpaired) electrons. The zero-order chi connectivity index (χ0) is 17.9. The summed E-state index contributed by atoms with van der Waals surface area (Å²) in [6.45, 7) is 5.18. The molecule has 134 valence electrons. The van der Waals surface area contributed by atoms with Gasteiger partial charge in [0.2, 0.25) is 0 Å². The van der Waals surface area contributed by atoms with E-state index in [1.165, 1.54) is 12.1 Å². The Bertz CT molecular complexity index is 687. The average Bonchev–Trinajstić information content (AvgIpc) is 2.86. The van der Waals surface area contributed by atoms with E-state index in [0.717, 1.165) is 43.7 Å². The van der Waals surface area contributed by atoms with Crippen molar-refractivity contribution in [2.45, 2.75) is 25.6 Å². The second kappa shape index (κ2) is 7.58. The highest BCUT2D eigenvalue weighted by molar-refractivity contribution is 5.40. The van der Waals surface area contributed by atoms with Gasteiger partial charge in [-0.1, -0.05) is 48.0 Å². The summed E-state index contributed by atoms with van der Waals surface area (Å²) >= 11 is 0. The standard InChI is InChI=1S/C20H23F3N2/c1-15-7-9-16(10-8-15)19(25-13-4-11-24-12-14-25)17-5-2-3-6-18(17)20(21,22)23/h2-3,5-10,19,24H,4,11-14H2,1H3. The van der Waals surface area contributed by atoms with Crippen molar-refractivity contribution in [2.75, 3.05) is 26.2 Å². The molecule has 0 saturated carbocycles. The first kappa shape index (κ1) is 18.0. The van der Waals surface area contributed by atoms with Gasteiger partial charge in [-0.15, -0.1) is 0 Å². The van der Waals surface area contributed by atoms with Crippen LogP contribution in [0.25, 0.3) is 0 Å². The van der Waals surface area contributed by atoms with Crippen LogP contribution in [0.15, 0.2) is 48.5 Å². The van der Waals surface area contributed by atoms with Crippen LogP contribution in [0, 0.1) is 6.92 Å². The Morgan fingerprint density at radius 3 is 2.40 bits per heavy atom. The summed E-state index contributed by atoms with van der Waals surface area (Å²) in [7, 11) is 0. The highest BCUT2D eigenvalue weighted by Crippen LogP contribution is 2.39. The molecule has 3 rings (SSSR count). The highest BCUT2D eigenvalue weighted by Gasteiger charge is 2.36. The molecule has 1 atom stereocenters. The quantitative estimate of drug-likeness (QED) is 0.884. The first-order valence-electron chi connectivity index (χ1n) is 8.64. The lowest BCUT2D eigenvalue weighted by molar-refractivity contribution is -0.138. The van der Waals surface area contributed by atoms with Gasteiger partial charge in [0.25, 0.3) is 0 Å². The van der Waals surface area contributed by atoms with Gasteiger partial charge in [-0.2, -0.15) is 13.2 Å². The minimum atomic E-state index is -4.36. The number of benzene rings is 2. The number of nitrogens with one attached hydrogen (secondary N) is 1. The predicted octanol–water partition coefficient (Wildman–Crippen LogP) is 4.40. The van der Waals surface area contributed by atoms with Crippen molar-refractivity contribution in [3.05, 3.63) is 70.8 Å². The van der Waals surface area contributed by atoms with Gasteiger partial charge in [0, 0.05) is 19.6 Å². The SMILES string of the molecule is Cc1ccc(C(c2ccccc2C(F)(F)F)N2CCCNCC2)cc1. The molecule has 1 saturated heterocycles. The molecule has 2 nitrogen and oxygen atoms in total. The molecule has 2 aromatic rings. The molecule has 0 aromatic heterocycles. The van der Waals surface area contributed by atoms with Crippen molar-refractivity contribution in [3.8, 4) is 0 Å². The zero-order valence-electron chi connectivity index (χ0n) is 14.3. The summed E-state index contributed by atoms with van der Waals surface area (Å²) in [6, 6.07) is 13.4. The molecule has 1 heterocycles. The fraction of sp³-hybridized carbons (Fsp3) is 0.400. The molecule has 1 fully saturated rings. The third-order valence-electron chi connectivity index (χ3n) is 4.69. The Kier molecular flexibility index (Phi) is 5.45. The molecule has 1 unspecified atom stereocenters. The van der Waals surface area contributed by atoms with Crippen molar-refractivity contribution >= 4 is 0 Å². The number of alkyl halides is 3. The van der Waals surface area contributed by atoms with E-state index in [4.69, 9.17) is 0 Å². The van der Waals surface area contributed by atoms with Gasteiger partial charge in [0.05, 0.1) is 11.6 Å². The van der Waals surface area contributed by atoms with E-state index in [1.54, 1.807) is 12.1 Å². The van der Waals surface area contributed by atoms with E-state index in [9.17, 15) is 13.2 Å². The lowest BCUT2D eigenvalue weighted by atomic mass is 9.92. The molecule has 0 aliphatic carbocycles. The maximum absolute atomic E-state index is 13.6. The van der Waals surface area contributed by atoms with Gasteiger partial charge in [0.15, 0.2) is 0 Å². The molecular formula is C20H23F3N2. The summed E-state index contributed by atoms with van der Waals surface area (Å²) in [4.78, 5) is 2.16. The number of rotatable bonds is 3. The van der Waals surface area contributed by atoms with Crippen molar-refractivity contribution < 1.29 is 13.2 Å². The van der Waals surface area contributed by atoms with E-state index in [1.807, 2.05) is 31.2 Å². The average molecular weight is 348 g/mol. The Morgan fingerprint density at radius 2 is 1.68 bits per heavy atom. The fourth-order valence-corrected chi connectivity index (χ4v) is 3.45. The molecule has 0 bridgehead atoms. The number of halogens is 3. The highest BCUT2D eigenvalue weighted by atomic mass is 19.4. The van der Waals surface area contributed by atoms with E-state index in [2.05, 4.69) is 10.2 Å². The van der Waals surface area contributed by atoms with Crippen LogP contribution in [0.4, 0.5) is 13.2 Å². The van der Waals surface area contributed by atoms with Crippen LogP contribution in [-0.4, -0.2) is 31.1 Å². The van der Waals surface area contributed by atoms with Crippen molar-refractivity contribution in [2.24, 2.45) is 0 Å². The van der Waals surface area contributed by atoms with Gasteiger partial charge in [-0.25, -0.2) is 0 Å². The van der Waals surface area contributed by atoms with Crippen LogP contribution in [0.3, 0.4) is 0 Å². The van der Waals surface area contributed by atoms with Gasteiger partial charge in [0.1, 0.15) is 0 Å². The summed E-state index contributed by atoms with van der Waals surface area (Å²) in [5.41, 5.74) is 1.80. The monoisotopic (exact) mass is 348 g/mol. The molecule has 2 aromatic carbocycles. The van der Waals surface area contributed by atoms with E-state index < -0.39 is 17.8 Å². The van der Waals surface area contributed by atoms with Crippen LogP contribution >= 0.6 is 0 Å². The number of aryl methyl sites for hydroxylation is 1. The molecule has 25 heavy (non-hydrogen) atoms. The molecule has 0 amide bonds. The zero-order valence-corrected chi connectivity index (χ0v) is 14.3. The maximum atomic E-state index is 13.6. The Hall–Kier alpha value is -1.85. The van der Waals surface area contributed by atoms with E-state index >= 15 is 0 Å². The summed E-state index contributed by atoms with van der Waals surface area (Å²) in [5.74, 6) is 0. The third-order valence-corrected chi connectivity index (χ3v) is 4.69. The van der Waals surface area contributed by atoms with Crippen molar-refractivity contribution in [3.63, 3.8) is 0 Å². The molecule has 1 aliphatic rings. The Labute approximate surface area is 146 Å². The smallest absolute Gasteiger partial charge is 0.315 e. The van der Waals surface area contributed by atoms with Crippen LogP contribution in [0.5, 0.6) is 0 Å². The van der Waals surface area contributed by atoms with E-state index in [-0.39, 0.29) is 0 Å². The van der Waals surface area contributed by atoms with E-state index in [0.29, 0.717) is 5.56 Å². The number of nitrogens with zero attached hydrogens (tertiary/aromatic N) is 1. The van der Waals surface area contributed by atoms with Crippen LogP contribution in [0.2, 0.25) is 0 Å². The van der Waals surface area contributed by atoms with Gasteiger partial charge in [-0.05, 0) is 37.1 Å². The number of hydrogen-bond donors (Lipinski definition) is 1. The summed E-state index contributed by atoms with van der Waals surface area (Å²) in [5, 5.41) is 3.33. The molecule has 1 aliphatic heterocycles. The number of hydrogen-bond acceptors (Lipinski definition) is 2. The largest absolute Gasteiger partial charge is 0.416 e. The predicted molar refractivity (Wildman–Crippen MR) is 93.5 cm³/mol. The minimum absolute atomic E-state index is 0.334. The second-order valence-electron chi connectivity index (χ2n) is 6.54. The van der Waals surface area contributed by atoms with Crippen LogP contribution in [0.1, 0.15) is 34.7 Å². The normalized spacial score (nSPS) is 17.9. The van der Waals surface area contributed by atoms with Crippen LogP contribution in [-0.2, 0) is 6.18 Å². The van der Waals surface area contributed by atoms with Gasteiger partial charge >= 0.3 is 6.18 Å². The lowest BCUT2D eigenvalue weighted by Crippen LogP contribution is -2.34. The van der Waals surface area contributed by atoms with Gasteiger partial charge < -0.3 is 5.32 Å². The van der Waals surface area contributed by atoms with Crippen molar-refractivity contribution in [1.29, 1.82) is 0 Å². The summed E-state index contributed by atoms with van der Waals surface area (Å²) in [6.07, 6.45) is -3.43. The molecular weight excluding hydrogens is 325 g/mol. The second-order valence-corrected chi connectivity index (χ2v) is 6.54.